The van der Waals surface area contributed by atoms with Crippen molar-refractivity contribution in [2.24, 2.45) is 0 Å². The summed E-state index contributed by atoms with van der Waals surface area (Å²) in [5.41, 5.74) is 1.97. The normalized spacial score (nSPS) is 20.9. The van der Waals surface area contributed by atoms with Crippen molar-refractivity contribution in [1.82, 2.24) is 4.90 Å². The lowest BCUT2D eigenvalue weighted by Gasteiger charge is -2.18. The first-order valence-corrected chi connectivity index (χ1v) is 10.6. The minimum absolute atomic E-state index is 0.0524. The average Bonchev–Trinajstić information content (AvgIpc) is 3.32. The Labute approximate surface area is 174 Å². The van der Waals surface area contributed by atoms with Gasteiger partial charge in [-0.3, -0.25) is 9.69 Å². The van der Waals surface area contributed by atoms with Crippen molar-refractivity contribution in [3.05, 3.63) is 70.6 Å². The maximum absolute atomic E-state index is 12.9. The monoisotopic (exact) mass is 411 g/mol. The summed E-state index contributed by atoms with van der Waals surface area (Å²) in [6, 6.07) is 17.8. The zero-order chi connectivity index (χ0) is 19.3. The molecule has 6 heteroatoms. The molecule has 1 amide bonds. The van der Waals surface area contributed by atoms with Crippen LogP contribution in [0.25, 0.3) is 6.08 Å². The molecule has 0 radical (unpaired) electrons. The molecule has 2 aliphatic rings. The van der Waals surface area contributed by atoms with Crippen molar-refractivity contribution in [3.63, 3.8) is 0 Å². The average molecular weight is 412 g/mol. The van der Waals surface area contributed by atoms with E-state index in [1.165, 1.54) is 11.8 Å². The van der Waals surface area contributed by atoms with Crippen LogP contribution >= 0.6 is 24.0 Å². The number of hydrogen-bond acceptors (Lipinski definition) is 5. The van der Waals surface area contributed by atoms with E-state index in [0.717, 1.165) is 36.3 Å². The number of hydrogen-bond donors (Lipinski definition) is 0. The summed E-state index contributed by atoms with van der Waals surface area (Å²) in [6.07, 6.45) is 3.98. The van der Waals surface area contributed by atoms with Gasteiger partial charge in [0, 0.05) is 12.2 Å². The summed E-state index contributed by atoms with van der Waals surface area (Å²) in [7, 11) is 0. The third-order valence-electron chi connectivity index (χ3n) is 4.73. The lowest BCUT2D eigenvalue weighted by Crippen LogP contribution is -2.35. The summed E-state index contributed by atoms with van der Waals surface area (Å²) in [6.45, 7) is 1.78. The van der Waals surface area contributed by atoms with Crippen LogP contribution in [-0.4, -0.2) is 34.4 Å². The van der Waals surface area contributed by atoms with Gasteiger partial charge in [-0.15, -0.1) is 0 Å². The van der Waals surface area contributed by atoms with Gasteiger partial charge in [0.05, 0.1) is 17.6 Å². The second-order valence-corrected chi connectivity index (χ2v) is 8.42. The molecule has 0 N–H and O–H groups in total. The van der Waals surface area contributed by atoms with E-state index in [4.69, 9.17) is 21.7 Å². The molecule has 1 atom stereocenters. The molecule has 0 aromatic heterocycles. The van der Waals surface area contributed by atoms with Gasteiger partial charge in [-0.05, 0) is 30.5 Å². The summed E-state index contributed by atoms with van der Waals surface area (Å²) in [5, 5.41) is 0. The largest absolute Gasteiger partial charge is 0.488 e. The van der Waals surface area contributed by atoms with Crippen LogP contribution in [0, 0.1) is 0 Å². The smallest absolute Gasteiger partial charge is 0.266 e. The van der Waals surface area contributed by atoms with Crippen molar-refractivity contribution in [2.75, 3.05) is 13.2 Å². The van der Waals surface area contributed by atoms with E-state index in [-0.39, 0.29) is 12.0 Å². The van der Waals surface area contributed by atoms with Crippen molar-refractivity contribution >= 4 is 40.3 Å². The van der Waals surface area contributed by atoms with E-state index in [1.54, 1.807) is 4.90 Å². The summed E-state index contributed by atoms with van der Waals surface area (Å²) in [5.74, 6) is 0.694. The lowest BCUT2D eigenvalue weighted by molar-refractivity contribution is -0.123. The van der Waals surface area contributed by atoms with Crippen LogP contribution in [0.2, 0.25) is 0 Å². The molecule has 0 unspecified atom stereocenters. The molecule has 2 saturated heterocycles. The summed E-state index contributed by atoms with van der Waals surface area (Å²) < 4.78 is 12.2. The Hall–Kier alpha value is -2.15. The van der Waals surface area contributed by atoms with E-state index >= 15 is 0 Å². The second-order valence-electron chi connectivity index (χ2n) is 6.74. The Bertz CT molecular complexity index is 892. The van der Waals surface area contributed by atoms with E-state index in [0.29, 0.717) is 22.4 Å². The van der Waals surface area contributed by atoms with Crippen molar-refractivity contribution in [2.45, 2.75) is 25.6 Å². The Kier molecular flexibility index (Phi) is 6.10. The molecule has 2 aromatic rings. The van der Waals surface area contributed by atoms with Gasteiger partial charge in [0.25, 0.3) is 5.91 Å². The number of benzene rings is 2. The molecule has 4 nitrogen and oxygen atoms in total. The highest BCUT2D eigenvalue weighted by Crippen LogP contribution is 2.35. The van der Waals surface area contributed by atoms with Crippen LogP contribution < -0.4 is 4.74 Å². The lowest BCUT2D eigenvalue weighted by atomic mass is 10.1. The first-order chi connectivity index (χ1) is 13.7. The fraction of sp³-hybridized carbons (Fsp3) is 0.273. The van der Waals surface area contributed by atoms with Gasteiger partial charge >= 0.3 is 0 Å². The molecule has 0 spiro atoms. The number of rotatable bonds is 6. The van der Waals surface area contributed by atoms with E-state index in [2.05, 4.69) is 0 Å². The van der Waals surface area contributed by atoms with Gasteiger partial charge in [-0.25, -0.2) is 0 Å². The molecule has 4 rings (SSSR count). The van der Waals surface area contributed by atoms with Crippen molar-refractivity contribution < 1.29 is 14.3 Å². The van der Waals surface area contributed by atoms with Gasteiger partial charge in [-0.2, -0.15) is 0 Å². The standard InChI is InChI=1S/C22H21NO3S2/c24-21-20(28-22(27)23(21)14-18-10-6-12-25-18)13-17-9-4-5-11-19(17)26-15-16-7-2-1-3-8-16/h1-5,7-9,11,13,18H,6,10,12,14-15H2/b20-13-/t18-/m1/s1. The Morgan fingerprint density at radius 1 is 1.18 bits per heavy atom. The third kappa shape index (κ3) is 4.46. The van der Waals surface area contributed by atoms with E-state index < -0.39 is 0 Å². The van der Waals surface area contributed by atoms with Crippen LogP contribution in [-0.2, 0) is 16.1 Å². The zero-order valence-electron chi connectivity index (χ0n) is 15.4. The second kappa shape index (κ2) is 8.90. The molecule has 2 aromatic carbocycles. The summed E-state index contributed by atoms with van der Waals surface area (Å²) >= 11 is 6.77. The first-order valence-electron chi connectivity index (χ1n) is 9.33. The number of carbonyl (C=O) groups is 1. The fourth-order valence-corrected chi connectivity index (χ4v) is 4.52. The Morgan fingerprint density at radius 2 is 1.96 bits per heavy atom. The molecule has 28 heavy (non-hydrogen) atoms. The maximum atomic E-state index is 12.9. The quantitative estimate of drug-likeness (QED) is 0.511. The topological polar surface area (TPSA) is 38.8 Å². The van der Waals surface area contributed by atoms with Crippen LogP contribution in [0.15, 0.2) is 59.5 Å². The van der Waals surface area contributed by atoms with Crippen LogP contribution in [0.3, 0.4) is 0 Å². The minimum atomic E-state index is -0.0524. The third-order valence-corrected chi connectivity index (χ3v) is 6.10. The molecule has 2 heterocycles. The maximum Gasteiger partial charge on any atom is 0.266 e. The highest BCUT2D eigenvalue weighted by atomic mass is 32.2. The molecular formula is C22H21NO3S2. The van der Waals surface area contributed by atoms with E-state index in [1.807, 2.05) is 60.7 Å². The highest BCUT2D eigenvalue weighted by Gasteiger charge is 2.34. The molecule has 2 fully saturated rings. The zero-order valence-corrected chi connectivity index (χ0v) is 17.0. The van der Waals surface area contributed by atoms with Crippen molar-refractivity contribution in [3.8, 4) is 5.75 Å². The predicted octanol–water partition coefficient (Wildman–Crippen LogP) is 4.65. The first kappa shape index (κ1) is 19.2. The number of thiocarbonyl (C=S) groups is 1. The van der Waals surface area contributed by atoms with Gasteiger partial charge in [0.1, 0.15) is 16.7 Å². The molecule has 2 aliphatic heterocycles. The van der Waals surface area contributed by atoms with Crippen LogP contribution in [0.1, 0.15) is 24.0 Å². The Balaban J connectivity index is 1.49. The van der Waals surface area contributed by atoms with Gasteiger partial charge in [-0.1, -0.05) is 72.5 Å². The van der Waals surface area contributed by atoms with E-state index in [9.17, 15) is 4.79 Å². The summed E-state index contributed by atoms with van der Waals surface area (Å²) in [4.78, 5) is 15.1. The van der Waals surface area contributed by atoms with Crippen LogP contribution in [0.4, 0.5) is 0 Å². The predicted molar refractivity (Wildman–Crippen MR) is 116 cm³/mol. The van der Waals surface area contributed by atoms with Crippen LogP contribution in [0.5, 0.6) is 5.75 Å². The van der Waals surface area contributed by atoms with Crippen molar-refractivity contribution in [1.29, 1.82) is 0 Å². The van der Waals surface area contributed by atoms with Gasteiger partial charge in [0.15, 0.2) is 0 Å². The number of thioether (sulfide) groups is 1. The minimum Gasteiger partial charge on any atom is -0.488 e. The number of ether oxygens (including phenoxy) is 2. The fourth-order valence-electron chi connectivity index (χ4n) is 3.26. The van der Waals surface area contributed by atoms with Gasteiger partial charge in [0.2, 0.25) is 0 Å². The molecule has 0 aliphatic carbocycles. The number of para-hydroxylation sites is 1. The highest BCUT2D eigenvalue weighted by molar-refractivity contribution is 8.26. The SMILES string of the molecule is O=C1/C(=C/c2ccccc2OCc2ccccc2)SC(=S)N1C[C@H]1CCCO1. The molecule has 0 saturated carbocycles. The number of carbonyl (C=O) groups excluding carboxylic acids is 1. The molecule has 0 bridgehead atoms. The number of amides is 1. The number of nitrogens with zero attached hydrogens (tertiary/aromatic N) is 1. The Morgan fingerprint density at radius 3 is 2.75 bits per heavy atom. The molecule has 144 valence electrons. The molecular weight excluding hydrogens is 390 g/mol. The van der Waals surface area contributed by atoms with Gasteiger partial charge < -0.3 is 9.47 Å².